The van der Waals surface area contributed by atoms with Gasteiger partial charge in [0.2, 0.25) is 0 Å². The Morgan fingerprint density at radius 2 is 1.26 bits per heavy atom. The molecular weight excluding hydrogens is 238 g/mol. The summed E-state index contributed by atoms with van der Waals surface area (Å²) < 4.78 is 0. The number of nitrogen functional groups attached to an aromatic ring is 1. The fraction of sp³-hybridized carbons (Fsp3) is 0.125. The Balaban J connectivity index is 0.000000637. The average Bonchev–Trinajstić information content (AvgIpc) is 2.47. The molecule has 3 nitrogen and oxygen atoms in total. The Bertz CT molecular complexity index is 660. The van der Waals surface area contributed by atoms with E-state index in [1.165, 1.54) is 0 Å². The summed E-state index contributed by atoms with van der Waals surface area (Å²) >= 11 is 0. The predicted molar refractivity (Wildman–Crippen MR) is 75.5 cm³/mol. The highest BCUT2D eigenvalue weighted by Gasteiger charge is 2.30. The quantitative estimate of drug-likeness (QED) is 0.626. The Kier molecular flexibility index (Phi) is 3.47. The van der Waals surface area contributed by atoms with Crippen LogP contribution in [0.5, 0.6) is 0 Å². The van der Waals surface area contributed by atoms with Crippen LogP contribution < -0.4 is 5.73 Å². The van der Waals surface area contributed by atoms with Crippen molar-refractivity contribution in [1.29, 1.82) is 0 Å². The van der Waals surface area contributed by atoms with Crippen LogP contribution in [0, 0.1) is 0 Å². The predicted octanol–water partition coefficient (Wildman–Crippen LogP) is 3.07. The minimum atomic E-state index is -0.173. The highest BCUT2D eigenvalue weighted by Crippen LogP contribution is 2.30. The van der Waals surface area contributed by atoms with Crippen molar-refractivity contribution in [2.24, 2.45) is 0 Å². The molecule has 3 rings (SSSR count). The maximum absolute atomic E-state index is 12.2. The smallest absolute Gasteiger partial charge is 0.196 e. The molecule has 0 bridgehead atoms. The highest BCUT2D eigenvalue weighted by molar-refractivity contribution is 6.29. The maximum atomic E-state index is 12.2. The highest BCUT2D eigenvalue weighted by atomic mass is 16.1. The Morgan fingerprint density at radius 1 is 0.737 bits per heavy atom. The van der Waals surface area contributed by atoms with Crippen LogP contribution in [0.4, 0.5) is 5.69 Å². The molecule has 0 heterocycles. The molecule has 19 heavy (non-hydrogen) atoms. The van der Waals surface area contributed by atoms with E-state index in [1.54, 1.807) is 42.5 Å². The first-order valence-electron chi connectivity index (χ1n) is 6.27. The minimum Gasteiger partial charge on any atom is -0.398 e. The zero-order valence-corrected chi connectivity index (χ0v) is 10.9. The number of nitrogens with two attached hydrogens (primary N) is 1. The maximum Gasteiger partial charge on any atom is 0.196 e. The standard InChI is InChI=1S/C14H9NO2.C2H6/c15-11-7-3-6-10-12(11)14(17)9-5-2-1-4-8(9)13(10)16;1-2/h1-7H,15H2;1-2H3. The Labute approximate surface area is 112 Å². The van der Waals surface area contributed by atoms with E-state index in [-0.39, 0.29) is 11.6 Å². The van der Waals surface area contributed by atoms with Crippen molar-refractivity contribution in [3.8, 4) is 0 Å². The molecule has 0 atom stereocenters. The van der Waals surface area contributed by atoms with E-state index >= 15 is 0 Å². The van der Waals surface area contributed by atoms with Gasteiger partial charge in [-0.3, -0.25) is 9.59 Å². The molecule has 0 amide bonds. The van der Waals surface area contributed by atoms with E-state index < -0.39 is 0 Å². The molecule has 2 aromatic carbocycles. The van der Waals surface area contributed by atoms with Crippen LogP contribution in [0.15, 0.2) is 42.5 Å². The summed E-state index contributed by atoms with van der Waals surface area (Å²) in [5.74, 6) is -0.309. The van der Waals surface area contributed by atoms with Crippen molar-refractivity contribution in [2.45, 2.75) is 13.8 Å². The summed E-state index contributed by atoms with van der Waals surface area (Å²) in [6, 6.07) is 11.8. The van der Waals surface area contributed by atoms with Gasteiger partial charge >= 0.3 is 0 Å². The van der Waals surface area contributed by atoms with Gasteiger partial charge in [0.25, 0.3) is 0 Å². The second-order valence-corrected chi connectivity index (χ2v) is 3.97. The molecule has 0 saturated heterocycles. The van der Waals surface area contributed by atoms with E-state index in [0.29, 0.717) is 27.9 Å². The van der Waals surface area contributed by atoms with Crippen LogP contribution in [0.25, 0.3) is 0 Å². The molecule has 0 aromatic heterocycles. The molecule has 0 fully saturated rings. The van der Waals surface area contributed by atoms with Crippen molar-refractivity contribution in [1.82, 2.24) is 0 Å². The van der Waals surface area contributed by atoms with Crippen molar-refractivity contribution in [3.63, 3.8) is 0 Å². The second-order valence-electron chi connectivity index (χ2n) is 3.97. The number of carbonyl (C=O) groups is 2. The van der Waals surface area contributed by atoms with Crippen LogP contribution in [0.1, 0.15) is 45.7 Å². The monoisotopic (exact) mass is 253 g/mol. The van der Waals surface area contributed by atoms with Gasteiger partial charge in [-0.2, -0.15) is 0 Å². The van der Waals surface area contributed by atoms with Crippen LogP contribution in [0.3, 0.4) is 0 Å². The van der Waals surface area contributed by atoms with E-state index in [4.69, 9.17) is 5.73 Å². The SMILES string of the molecule is CC.Nc1cccc2c1C(=O)c1ccccc1C2=O. The lowest BCUT2D eigenvalue weighted by Gasteiger charge is -2.18. The van der Waals surface area contributed by atoms with Gasteiger partial charge in [0.05, 0.1) is 5.56 Å². The number of hydrogen-bond acceptors (Lipinski definition) is 3. The molecule has 0 unspecified atom stereocenters. The summed E-state index contributed by atoms with van der Waals surface area (Å²) in [5, 5.41) is 0. The number of anilines is 1. The number of rotatable bonds is 0. The summed E-state index contributed by atoms with van der Waals surface area (Å²) in [6.07, 6.45) is 0. The van der Waals surface area contributed by atoms with Crippen LogP contribution in [0.2, 0.25) is 0 Å². The summed E-state index contributed by atoms with van der Waals surface area (Å²) in [6.45, 7) is 4.00. The van der Waals surface area contributed by atoms with Gasteiger partial charge in [-0.15, -0.1) is 0 Å². The van der Waals surface area contributed by atoms with Crippen LogP contribution in [-0.2, 0) is 0 Å². The second kappa shape index (κ2) is 5.06. The molecule has 0 radical (unpaired) electrons. The molecule has 96 valence electrons. The zero-order valence-electron chi connectivity index (χ0n) is 10.9. The van der Waals surface area contributed by atoms with E-state index in [2.05, 4.69) is 0 Å². The fourth-order valence-electron chi connectivity index (χ4n) is 2.17. The normalized spacial score (nSPS) is 12.1. The molecule has 1 aliphatic rings. The molecule has 0 saturated carbocycles. The molecule has 1 aliphatic carbocycles. The Morgan fingerprint density at radius 3 is 1.89 bits per heavy atom. The van der Waals surface area contributed by atoms with Crippen molar-refractivity contribution in [3.05, 3.63) is 64.7 Å². The summed E-state index contributed by atoms with van der Waals surface area (Å²) in [4.78, 5) is 24.4. The van der Waals surface area contributed by atoms with Gasteiger partial charge in [0.15, 0.2) is 11.6 Å². The van der Waals surface area contributed by atoms with Gasteiger partial charge in [-0.05, 0) is 6.07 Å². The van der Waals surface area contributed by atoms with Crippen LogP contribution >= 0.6 is 0 Å². The molecule has 0 aliphatic heterocycles. The number of benzene rings is 2. The molecule has 3 heteroatoms. The lowest BCUT2D eigenvalue weighted by atomic mass is 9.83. The zero-order chi connectivity index (χ0) is 14.0. The third-order valence-electron chi connectivity index (χ3n) is 2.98. The lowest BCUT2D eigenvalue weighted by molar-refractivity contribution is 0.0979. The van der Waals surface area contributed by atoms with E-state index in [0.717, 1.165) is 0 Å². The van der Waals surface area contributed by atoms with E-state index in [1.807, 2.05) is 13.8 Å². The largest absolute Gasteiger partial charge is 0.398 e. The van der Waals surface area contributed by atoms with Gasteiger partial charge in [-0.25, -0.2) is 0 Å². The Hall–Kier alpha value is -2.42. The number of hydrogen-bond donors (Lipinski definition) is 1. The van der Waals surface area contributed by atoms with Crippen molar-refractivity contribution >= 4 is 17.3 Å². The summed E-state index contributed by atoms with van der Waals surface area (Å²) in [5.41, 5.74) is 7.75. The average molecular weight is 253 g/mol. The topological polar surface area (TPSA) is 60.2 Å². The molecular formula is C16H15NO2. The summed E-state index contributed by atoms with van der Waals surface area (Å²) in [7, 11) is 0. The van der Waals surface area contributed by atoms with Crippen LogP contribution in [-0.4, -0.2) is 11.6 Å². The first-order valence-corrected chi connectivity index (χ1v) is 6.27. The third kappa shape index (κ3) is 1.93. The van der Waals surface area contributed by atoms with Gasteiger partial charge in [0.1, 0.15) is 0 Å². The van der Waals surface area contributed by atoms with Gasteiger partial charge < -0.3 is 5.73 Å². The molecule has 2 aromatic rings. The number of ketones is 2. The number of fused-ring (bicyclic) bond motifs is 2. The third-order valence-corrected chi connectivity index (χ3v) is 2.98. The first-order chi connectivity index (χ1) is 9.20. The molecule has 0 spiro atoms. The van der Waals surface area contributed by atoms with Gasteiger partial charge in [-0.1, -0.05) is 50.2 Å². The lowest BCUT2D eigenvalue weighted by Crippen LogP contribution is -2.22. The first kappa shape index (κ1) is 13.0. The van der Waals surface area contributed by atoms with Crippen molar-refractivity contribution in [2.75, 3.05) is 5.73 Å². The van der Waals surface area contributed by atoms with Gasteiger partial charge in [0, 0.05) is 22.4 Å². The van der Waals surface area contributed by atoms with E-state index in [9.17, 15) is 9.59 Å². The number of carbonyl (C=O) groups excluding carboxylic acids is 2. The minimum absolute atomic E-state index is 0.137. The fourth-order valence-corrected chi connectivity index (χ4v) is 2.17. The molecule has 2 N–H and O–H groups in total. The van der Waals surface area contributed by atoms with Crippen molar-refractivity contribution < 1.29 is 9.59 Å².